The van der Waals surface area contributed by atoms with Gasteiger partial charge in [-0.15, -0.1) is 0 Å². The molecule has 0 aromatic heterocycles. The maximum Gasteiger partial charge on any atom is 0.175 e. The van der Waals surface area contributed by atoms with E-state index in [1.165, 1.54) is 13.2 Å². The number of methoxy groups -OCH3 is 1. The zero-order valence-corrected chi connectivity index (χ0v) is 15.1. The third-order valence-corrected chi connectivity index (χ3v) is 4.31. The predicted octanol–water partition coefficient (Wildman–Crippen LogP) is 2.41. The van der Waals surface area contributed by atoms with Gasteiger partial charge in [0.05, 0.1) is 44.5 Å². The average Bonchev–Trinajstić information content (AvgIpc) is 2.69. The zero-order chi connectivity index (χ0) is 19.2. The number of nitriles is 1. The van der Waals surface area contributed by atoms with Crippen LogP contribution in [-0.2, 0) is 16.0 Å². The Balaban J connectivity index is 1.80. The summed E-state index contributed by atoms with van der Waals surface area (Å²) >= 11 is 0. The lowest BCUT2D eigenvalue weighted by molar-refractivity contribution is -0.179. The van der Waals surface area contributed by atoms with E-state index >= 15 is 0 Å². The van der Waals surface area contributed by atoms with Gasteiger partial charge in [0.15, 0.2) is 17.9 Å². The first-order valence-corrected chi connectivity index (χ1v) is 8.65. The number of hydrogen-bond donors (Lipinski definition) is 1. The molecular weight excluding hydrogens is 349 g/mol. The smallest absolute Gasteiger partial charge is 0.175 e. The van der Waals surface area contributed by atoms with E-state index in [1.54, 1.807) is 18.2 Å². The highest BCUT2D eigenvalue weighted by molar-refractivity contribution is 5.50. The first-order valence-electron chi connectivity index (χ1n) is 8.65. The van der Waals surface area contributed by atoms with Crippen molar-refractivity contribution >= 4 is 5.69 Å². The highest BCUT2D eigenvalue weighted by Gasteiger charge is 2.23. The number of nitrogens with zero attached hydrogens (tertiary/aromatic N) is 2. The summed E-state index contributed by atoms with van der Waals surface area (Å²) in [6, 6.07) is 14.1. The van der Waals surface area contributed by atoms with Gasteiger partial charge >= 0.3 is 0 Å². The van der Waals surface area contributed by atoms with Crippen molar-refractivity contribution in [3.8, 4) is 11.8 Å². The molecule has 2 aromatic rings. The minimum Gasteiger partial charge on any atom is -0.494 e. The van der Waals surface area contributed by atoms with Crippen LogP contribution in [0.2, 0.25) is 0 Å². The maximum atomic E-state index is 14.1. The van der Waals surface area contributed by atoms with Gasteiger partial charge in [0.25, 0.3) is 0 Å². The molecule has 0 unspecified atom stereocenters. The number of hydrogen-bond acceptors (Lipinski definition) is 6. The van der Waals surface area contributed by atoms with Crippen LogP contribution in [0.1, 0.15) is 11.1 Å². The summed E-state index contributed by atoms with van der Waals surface area (Å²) in [5.41, 5.74) is 8.03. The van der Waals surface area contributed by atoms with Gasteiger partial charge in [-0.25, -0.2) is 4.39 Å². The number of ether oxygens (including phenoxy) is 3. The van der Waals surface area contributed by atoms with Gasteiger partial charge in [0.2, 0.25) is 0 Å². The van der Waals surface area contributed by atoms with Crippen molar-refractivity contribution in [1.29, 1.82) is 5.26 Å². The van der Waals surface area contributed by atoms with Gasteiger partial charge in [0, 0.05) is 12.2 Å². The molecule has 3 rings (SSSR count). The van der Waals surface area contributed by atoms with Crippen LogP contribution in [0.15, 0.2) is 42.5 Å². The fourth-order valence-corrected chi connectivity index (χ4v) is 2.88. The molecule has 27 heavy (non-hydrogen) atoms. The van der Waals surface area contributed by atoms with E-state index in [2.05, 4.69) is 6.07 Å². The maximum absolute atomic E-state index is 14.1. The van der Waals surface area contributed by atoms with E-state index in [0.29, 0.717) is 31.9 Å². The molecule has 2 aromatic carbocycles. The summed E-state index contributed by atoms with van der Waals surface area (Å²) in [5, 5.41) is 9.00. The summed E-state index contributed by atoms with van der Waals surface area (Å²) < 4.78 is 30.3. The molecule has 1 fully saturated rings. The van der Waals surface area contributed by atoms with E-state index in [9.17, 15) is 4.39 Å². The molecule has 0 saturated carbocycles. The van der Waals surface area contributed by atoms with Crippen LogP contribution in [-0.4, -0.2) is 39.2 Å². The molecule has 0 bridgehead atoms. The second-order valence-corrected chi connectivity index (χ2v) is 6.36. The summed E-state index contributed by atoms with van der Waals surface area (Å²) in [4.78, 5) is 2.02. The summed E-state index contributed by atoms with van der Waals surface area (Å²) in [5.74, 6) is -0.206. The van der Waals surface area contributed by atoms with Crippen LogP contribution in [0.25, 0.3) is 0 Å². The van der Waals surface area contributed by atoms with Crippen LogP contribution in [0, 0.1) is 17.1 Å². The standard InChI is InChI=1S/C20H22FN3O3/c1-25-19-7-4-15(8-18(19)21)10-24(11-20-26-12-16(23)13-27-20)17-5-2-14(9-22)3-6-17/h2-8,16,20H,10-13,23H2,1H3. The van der Waals surface area contributed by atoms with Crippen molar-refractivity contribution in [2.75, 3.05) is 31.8 Å². The van der Waals surface area contributed by atoms with E-state index in [4.69, 9.17) is 25.2 Å². The van der Waals surface area contributed by atoms with Crippen molar-refractivity contribution in [2.24, 2.45) is 5.73 Å². The Morgan fingerprint density at radius 1 is 1.22 bits per heavy atom. The Morgan fingerprint density at radius 2 is 1.93 bits per heavy atom. The Hall–Kier alpha value is -2.66. The van der Waals surface area contributed by atoms with Crippen molar-refractivity contribution in [1.82, 2.24) is 0 Å². The number of nitrogens with two attached hydrogens (primary N) is 1. The van der Waals surface area contributed by atoms with Crippen LogP contribution in [0.5, 0.6) is 5.75 Å². The second kappa shape index (κ2) is 8.82. The molecule has 142 valence electrons. The normalized spacial score (nSPS) is 19.3. The van der Waals surface area contributed by atoms with E-state index in [-0.39, 0.29) is 11.8 Å². The molecule has 0 aliphatic carbocycles. The molecule has 1 aliphatic heterocycles. The minimum atomic E-state index is -0.427. The third kappa shape index (κ3) is 4.95. The molecule has 0 spiro atoms. The topological polar surface area (TPSA) is 80.7 Å². The molecule has 6 nitrogen and oxygen atoms in total. The van der Waals surface area contributed by atoms with Crippen LogP contribution < -0.4 is 15.4 Å². The van der Waals surface area contributed by atoms with Crippen molar-refractivity contribution < 1.29 is 18.6 Å². The molecule has 0 radical (unpaired) electrons. The van der Waals surface area contributed by atoms with Crippen LogP contribution in [0.3, 0.4) is 0 Å². The van der Waals surface area contributed by atoms with Gasteiger partial charge in [0.1, 0.15) is 0 Å². The fourth-order valence-electron chi connectivity index (χ4n) is 2.88. The average molecular weight is 371 g/mol. The molecular formula is C20H22FN3O3. The highest BCUT2D eigenvalue weighted by atomic mass is 19.1. The third-order valence-electron chi connectivity index (χ3n) is 4.31. The molecule has 1 saturated heterocycles. The largest absolute Gasteiger partial charge is 0.494 e. The zero-order valence-electron chi connectivity index (χ0n) is 15.1. The van der Waals surface area contributed by atoms with Gasteiger partial charge in [-0.05, 0) is 42.0 Å². The quantitative estimate of drug-likeness (QED) is 0.840. The number of benzene rings is 2. The summed E-state index contributed by atoms with van der Waals surface area (Å²) in [6.45, 7) is 1.76. The summed E-state index contributed by atoms with van der Waals surface area (Å²) in [6.07, 6.45) is -0.427. The van der Waals surface area contributed by atoms with E-state index in [0.717, 1.165) is 11.3 Å². The highest BCUT2D eigenvalue weighted by Crippen LogP contribution is 2.23. The van der Waals surface area contributed by atoms with Gasteiger partial charge < -0.3 is 24.8 Å². The van der Waals surface area contributed by atoms with Gasteiger partial charge in [-0.1, -0.05) is 6.07 Å². The molecule has 7 heteroatoms. The molecule has 1 heterocycles. The molecule has 1 aliphatic rings. The lowest BCUT2D eigenvalue weighted by Crippen LogP contribution is -2.45. The van der Waals surface area contributed by atoms with E-state index in [1.807, 2.05) is 23.1 Å². The Morgan fingerprint density at radius 3 is 2.52 bits per heavy atom. The number of halogens is 1. The van der Waals surface area contributed by atoms with Crippen molar-refractivity contribution in [2.45, 2.75) is 18.9 Å². The van der Waals surface area contributed by atoms with E-state index < -0.39 is 12.1 Å². The first kappa shape index (κ1) is 19.1. The molecule has 0 amide bonds. The fraction of sp³-hybridized carbons (Fsp3) is 0.350. The number of anilines is 1. The Labute approximate surface area is 157 Å². The Kier molecular flexibility index (Phi) is 6.24. The second-order valence-electron chi connectivity index (χ2n) is 6.36. The van der Waals surface area contributed by atoms with Gasteiger partial charge in [-0.3, -0.25) is 0 Å². The lowest BCUT2D eigenvalue weighted by atomic mass is 10.1. The SMILES string of the molecule is COc1ccc(CN(CC2OCC(N)CO2)c2ccc(C#N)cc2)cc1F. The minimum absolute atomic E-state index is 0.125. The van der Waals surface area contributed by atoms with Crippen LogP contribution in [0.4, 0.5) is 10.1 Å². The van der Waals surface area contributed by atoms with Crippen molar-refractivity contribution in [3.05, 3.63) is 59.4 Å². The first-order chi connectivity index (χ1) is 13.1. The molecule has 2 N–H and O–H groups in total. The number of rotatable bonds is 6. The Bertz CT molecular complexity index is 799. The van der Waals surface area contributed by atoms with Gasteiger partial charge in [-0.2, -0.15) is 5.26 Å². The predicted molar refractivity (Wildman–Crippen MR) is 98.8 cm³/mol. The summed E-state index contributed by atoms with van der Waals surface area (Å²) in [7, 11) is 1.43. The van der Waals surface area contributed by atoms with Crippen LogP contribution >= 0.6 is 0 Å². The van der Waals surface area contributed by atoms with Crippen molar-refractivity contribution in [3.63, 3.8) is 0 Å². The molecule has 0 atom stereocenters. The monoisotopic (exact) mass is 371 g/mol. The lowest BCUT2D eigenvalue weighted by Gasteiger charge is -2.33.